The molecule has 1 fully saturated rings. The standard InChI is InChI=1S/C13H27NO2/c1-5-7-8-11(6-2)14-9-12-10-15-13(3,4)16-12/h11-12,14H,5-10H2,1-4H3. The predicted molar refractivity (Wildman–Crippen MR) is 66.5 cm³/mol. The Bertz CT molecular complexity index is 194. The smallest absolute Gasteiger partial charge is 0.163 e. The fraction of sp³-hybridized carbons (Fsp3) is 1.00. The quantitative estimate of drug-likeness (QED) is 0.728. The molecule has 0 aromatic rings. The molecule has 96 valence electrons. The van der Waals surface area contributed by atoms with E-state index in [1.165, 1.54) is 25.7 Å². The van der Waals surface area contributed by atoms with Gasteiger partial charge in [-0.1, -0.05) is 26.7 Å². The molecule has 0 radical (unpaired) electrons. The third-order valence-electron chi connectivity index (χ3n) is 3.10. The van der Waals surface area contributed by atoms with Gasteiger partial charge in [0.15, 0.2) is 5.79 Å². The van der Waals surface area contributed by atoms with E-state index >= 15 is 0 Å². The molecule has 3 heteroatoms. The summed E-state index contributed by atoms with van der Waals surface area (Å²) in [7, 11) is 0. The lowest BCUT2D eigenvalue weighted by molar-refractivity contribution is -0.137. The minimum absolute atomic E-state index is 0.214. The molecular weight excluding hydrogens is 202 g/mol. The summed E-state index contributed by atoms with van der Waals surface area (Å²) < 4.78 is 11.3. The van der Waals surface area contributed by atoms with Crippen LogP contribution in [0.2, 0.25) is 0 Å². The van der Waals surface area contributed by atoms with E-state index in [0.29, 0.717) is 12.6 Å². The monoisotopic (exact) mass is 229 g/mol. The van der Waals surface area contributed by atoms with Gasteiger partial charge in [-0.25, -0.2) is 0 Å². The second kappa shape index (κ2) is 6.58. The topological polar surface area (TPSA) is 30.5 Å². The van der Waals surface area contributed by atoms with Crippen LogP contribution in [0, 0.1) is 0 Å². The molecule has 1 rings (SSSR count). The van der Waals surface area contributed by atoms with Gasteiger partial charge in [0.2, 0.25) is 0 Å². The van der Waals surface area contributed by atoms with Gasteiger partial charge in [0.25, 0.3) is 0 Å². The summed E-state index contributed by atoms with van der Waals surface area (Å²) in [5.41, 5.74) is 0. The summed E-state index contributed by atoms with van der Waals surface area (Å²) in [6, 6.07) is 0.632. The summed E-state index contributed by atoms with van der Waals surface area (Å²) >= 11 is 0. The van der Waals surface area contributed by atoms with Crippen molar-refractivity contribution in [3.05, 3.63) is 0 Å². The summed E-state index contributed by atoms with van der Waals surface area (Å²) in [4.78, 5) is 0. The van der Waals surface area contributed by atoms with Crippen LogP contribution < -0.4 is 5.32 Å². The number of hydrogen-bond donors (Lipinski definition) is 1. The largest absolute Gasteiger partial charge is 0.348 e. The van der Waals surface area contributed by atoms with E-state index in [-0.39, 0.29) is 6.10 Å². The molecule has 16 heavy (non-hydrogen) atoms. The fourth-order valence-electron chi connectivity index (χ4n) is 2.06. The number of nitrogens with one attached hydrogen (secondary N) is 1. The molecule has 0 spiro atoms. The number of hydrogen-bond acceptors (Lipinski definition) is 3. The van der Waals surface area contributed by atoms with Gasteiger partial charge in [-0.05, 0) is 26.7 Å². The third kappa shape index (κ3) is 4.81. The molecule has 1 aliphatic heterocycles. The van der Waals surface area contributed by atoms with E-state index in [2.05, 4.69) is 19.2 Å². The lowest BCUT2D eigenvalue weighted by atomic mass is 10.1. The van der Waals surface area contributed by atoms with Crippen molar-refractivity contribution in [3.63, 3.8) is 0 Å². The first-order chi connectivity index (χ1) is 7.57. The van der Waals surface area contributed by atoms with Gasteiger partial charge >= 0.3 is 0 Å². The maximum absolute atomic E-state index is 5.76. The number of unbranched alkanes of at least 4 members (excludes halogenated alkanes) is 1. The molecule has 2 atom stereocenters. The highest BCUT2D eigenvalue weighted by Gasteiger charge is 2.32. The highest BCUT2D eigenvalue weighted by Crippen LogP contribution is 2.21. The second-order valence-corrected chi connectivity index (χ2v) is 5.11. The Labute approximate surface area is 99.9 Å². The van der Waals surface area contributed by atoms with Crippen LogP contribution in [0.25, 0.3) is 0 Å². The molecule has 1 heterocycles. The first-order valence-corrected chi connectivity index (χ1v) is 6.62. The number of ether oxygens (including phenoxy) is 2. The van der Waals surface area contributed by atoms with E-state index in [0.717, 1.165) is 6.54 Å². The molecule has 0 amide bonds. The fourth-order valence-corrected chi connectivity index (χ4v) is 2.06. The van der Waals surface area contributed by atoms with E-state index < -0.39 is 5.79 Å². The maximum Gasteiger partial charge on any atom is 0.163 e. The van der Waals surface area contributed by atoms with Gasteiger partial charge in [-0.3, -0.25) is 0 Å². The zero-order valence-corrected chi connectivity index (χ0v) is 11.2. The SMILES string of the molecule is CCCCC(CC)NCC1COC(C)(C)O1. The Hall–Kier alpha value is -0.120. The van der Waals surface area contributed by atoms with Gasteiger partial charge in [0.1, 0.15) is 0 Å². The molecular formula is C13H27NO2. The van der Waals surface area contributed by atoms with Crippen LogP contribution in [-0.2, 0) is 9.47 Å². The molecule has 0 aromatic carbocycles. The van der Waals surface area contributed by atoms with Crippen LogP contribution in [0.4, 0.5) is 0 Å². The average Bonchev–Trinajstić information content (AvgIpc) is 2.59. The zero-order chi connectivity index (χ0) is 12.0. The van der Waals surface area contributed by atoms with Crippen molar-refractivity contribution in [2.45, 2.75) is 71.3 Å². The van der Waals surface area contributed by atoms with Crippen molar-refractivity contribution in [1.82, 2.24) is 5.32 Å². The normalized spacial score (nSPS) is 25.9. The Kier molecular flexibility index (Phi) is 5.73. The minimum atomic E-state index is -0.391. The summed E-state index contributed by atoms with van der Waals surface area (Å²) in [6.07, 6.45) is 5.25. The van der Waals surface area contributed by atoms with Gasteiger partial charge in [0, 0.05) is 12.6 Å². The zero-order valence-electron chi connectivity index (χ0n) is 11.2. The van der Waals surface area contributed by atoms with Crippen LogP contribution >= 0.6 is 0 Å². The van der Waals surface area contributed by atoms with E-state index in [9.17, 15) is 0 Å². The minimum Gasteiger partial charge on any atom is -0.348 e. The Morgan fingerprint density at radius 3 is 2.62 bits per heavy atom. The first-order valence-electron chi connectivity index (χ1n) is 6.62. The highest BCUT2D eigenvalue weighted by atomic mass is 16.7. The van der Waals surface area contributed by atoms with Crippen LogP contribution in [0.1, 0.15) is 53.4 Å². The Morgan fingerprint density at radius 2 is 2.12 bits per heavy atom. The molecule has 2 unspecified atom stereocenters. The lowest BCUT2D eigenvalue weighted by Crippen LogP contribution is -2.37. The van der Waals surface area contributed by atoms with E-state index in [4.69, 9.17) is 9.47 Å². The van der Waals surface area contributed by atoms with E-state index in [1.54, 1.807) is 0 Å². The van der Waals surface area contributed by atoms with Crippen molar-refractivity contribution in [2.75, 3.05) is 13.2 Å². The average molecular weight is 229 g/mol. The predicted octanol–water partition coefficient (Wildman–Crippen LogP) is 2.70. The lowest BCUT2D eigenvalue weighted by Gasteiger charge is -2.20. The second-order valence-electron chi connectivity index (χ2n) is 5.11. The van der Waals surface area contributed by atoms with Crippen molar-refractivity contribution in [1.29, 1.82) is 0 Å². The van der Waals surface area contributed by atoms with Crippen molar-refractivity contribution in [3.8, 4) is 0 Å². The van der Waals surface area contributed by atoms with Crippen molar-refractivity contribution < 1.29 is 9.47 Å². The summed E-state index contributed by atoms with van der Waals surface area (Å²) in [6.45, 7) is 10.0. The Balaban J connectivity index is 2.17. The van der Waals surface area contributed by atoms with Crippen LogP contribution in [0.15, 0.2) is 0 Å². The van der Waals surface area contributed by atoms with Gasteiger partial charge < -0.3 is 14.8 Å². The number of rotatable bonds is 7. The summed E-state index contributed by atoms with van der Waals surface area (Å²) in [5.74, 6) is -0.391. The molecule has 1 saturated heterocycles. The molecule has 0 aliphatic carbocycles. The highest BCUT2D eigenvalue weighted by molar-refractivity contribution is 4.75. The van der Waals surface area contributed by atoms with Gasteiger partial charge in [-0.15, -0.1) is 0 Å². The summed E-state index contributed by atoms with van der Waals surface area (Å²) in [5, 5.41) is 3.58. The van der Waals surface area contributed by atoms with Crippen molar-refractivity contribution >= 4 is 0 Å². The van der Waals surface area contributed by atoms with Crippen molar-refractivity contribution in [2.24, 2.45) is 0 Å². The molecule has 0 aromatic heterocycles. The molecule has 1 N–H and O–H groups in total. The third-order valence-corrected chi connectivity index (χ3v) is 3.10. The van der Waals surface area contributed by atoms with Gasteiger partial charge in [-0.2, -0.15) is 0 Å². The molecule has 3 nitrogen and oxygen atoms in total. The Morgan fingerprint density at radius 1 is 1.38 bits per heavy atom. The van der Waals surface area contributed by atoms with Crippen LogP contribution in [0.5, 0.6) is 0 Å². The first kappa shape index (κ1) is 13.9. The molecule has 0 bridgehead atoms. The van der Waals surface area contributed by atoms with Crippen LogP contribution in [0.3, 0.4) is 0 Å². The maximum atomic E-state index is 5.76. The van der Waals surface area contributed by atoms with Crippen LogP contribution in [-0.4, -0.2) is 31.1 Å². The molecule has 0 saturated carbocycles. The molecule has 1 aliphatic rings. The van der Waals surface area contributed by atoms with E-state index in [1.807, 2.05) is 13.8 Å². The van der Waals surface area contributed by atoms with Gasteiger partial charge in [0.05, 0.1) is 12.7 Å².